The maximum atomic E-state index is 15.6. The van der Waals surface area contributed by atoms with Crippen molar-refractivity contribution in [1.82, 2.24) is 24.5 Å². The van der Waals surface area contributed by atoms with E-state index >= 15 is 4.39 Å². The summed E-state index contributed by atoms with van der Waals surface area (Å²) in [6, 6.07) is 19.8. The maximum absolute atomic E-state index is 15.6. The molecule has 55 heavy (non-hydrogen) atoms. The first kappa shape index (κ1) is 41.2. The number of carbonyl (C=O) groups excluding carboxylic acids is 2. The highest BCUT2D eigenvalue weighted by Crippen LogP contribution is 2.43. The minimum Gasteiger partial charge on any atom is -0.598 e. The molecule has 2 N–H and O–H groups in total. The maximum Gasteiger partial charge on any atom is 0.436 e. The summed E-state index contributed by atoms with van der Waals surface area (Å²) >= 11 is -1.73. The number of carbonyl (C=O) groups is 2. The number of hydrogen-bond acceptors (Lipinski definition) is 8. The van der Waals surface area contributed by atoms with Gasteiger partial charge in [-0.05, 0) is 95.7 Å². The molecule has 2 aromatic heterocycles. The number of pyridine rings is 1. The van der Waals surface area contributed by atoms with Gasteiger partial charge in [0.05, 0.1) is 11.4 Å². The Bertz CT molecular complexity index is 2050. The van der Waals surface area contributed by atoms with Gasteiger partial charge in [-0.1, -0.05) is 60.2 Å². The molecule has 16 heteroatoms. The number of halogens is 4. The molecule has 0 aliphatic heterocycles. The molecule has 0 radical (unpaired) electrons. The third-order valence-corrected chi connectivity index (χ3v) is 10.7. The van der Waals surface area contributed by atoms with Crippen molar-refractivity contribution < 1.29 is 36.5 Å². The van der Waals surface area contributed by atoms with Crippen molar-refractivity contribution in [2.24, 2.45) is 5.92 Å². The van der Waals surface area contributed by atoms with E-state index in [1.54, 1.807) is 84.0 Å². The van der Waals surface area contributed by atoms with E-state index in [0.29, 0.717) is 41.6 Å². The van der Waals surface area contributed by atoms with Crippen LogP contribution >= 0.6 is 0 Å². The summed E-state index contributed by atoms with van der Waals surface area (Å²) in [6.07, 6.45) is -3.16. The highest BCUT2D eigenvalue weighted by atomic mass is 32.2. The van der Waals surface area contributed by atoms with E-state index in [2.05, 4.69) is 20.1 Å². The van der Waals surface area contributed by atoms with Crippen LogP contribution in [0.1, 0.15) is 106 Å². The van der Waals surface area contributed by atoms with Gasteiger partial charge in [-0.15, -0.1) is 9.82 Å². The average molecular weight is 782 g/mol. The van der Waals surface area contributed by atoms with Crippen LogP contribution in [0.25, 0.3) is 0 Å². The number of benzene rings is 2. The third kappa shape index (κ3) is 10.0. The highest BCUT2D eigenvalue weighted by molar-refractivity contribution is 7.90. The summed E-state index contributed by atoms with van der Waals surface area (Å²) in [6.45, 7) is 10.4. The lowest BCUT2D eigenvalue weighted by molar-refractivity contribution is -0.142. The molecule has 1 aliphatic carbocycles. The molecule has 0 bridgehead atoms. The second-order valence-electron chi connectivity index (χ2n) is 15.4. The van der Waals surface area contributed by atoms with Gasteiger partial charge in [0, 0.05) is 29.5 Å². The van der Waals surface area contributed by atoms with Crippen molar-refractivity contribution in [1.29, 1.82) is 5.26 Å². The van der Waals surface area contributed by atoms with Crippen LogP contribution < -0.4 is 14.9 Å². The number of alkyl halides is 3. The first-order valence-electron chi connectivity index (χ1n) is 17.6. The Kier molecular flexibility index (Phi) is 12.0. The molecule has 292 valence electrons. The molecule has 1 aliphatic rings. The molecular formula is C39H43F4N7O4S. The number of nitrogens with one attached hydrogen (secondary N) is 2. The molecular weight excluding hydrogens is 739 g/mol. The predicted molar refractivity (Wildman–Crippen MR) is 198 cm³/mol. The van der Waals surface area contributed by atoms with Crippen molar-refractivity contribution >= 4 is 29.0 Å². The van der Waals surface area contributed by atoms with E-state index in [4.69, 9.17) is 4.84 Å². The molecule has 0 unspecified atom stereocenters. The van der Waals surface area contributed by atoms with Gasteiger partial charge in [0.15, 0.2) is 11.4 Å². The summed E-state index contributed by atoms with van der Waals surface area (Å²) in [4.78, 5) is 38.6. The van der Waals surface area contributed by atoms with Crippen LogP contribution in [0.3, 0.4) is 0 Å². The molecule has 2 aromatic carbocycles. The fraction of sp³-hybridized carbons (Fsp3) is 0.410. The van der Waals surface area contributed by atoms with Crippen molar-refractivity contribution in [2.45, 2.75) is 95.8 Å². The van der Waals surface area contributed by atoms with E-state index in [9.17, 15) is 32.6 Å². The van der Waals surface area contributed by atoms with Crippen LogP contribution in [0.2, 0.25) is 0 Å². The summed E-state index contributed by atoms with van der Waals surface area (Å²) in [5.41, 5.74) is -3.60. The molecule has 2 heterocycles. The van der Waals surface area contributed by atoms with E-state index in [0.717, 1.165) is 18.9 Å². The van der Waals surface area contributed by atoms with Crippen LogP contribution in [0.5, 0.6) is 0 Å². The molecule has 11 nitrogen and oxygen atoms in total. The van der Waals surface area contributed by atoms with Crippen LogP contribution in [0, 0.1) is 23.1 Å². The van der Waals surface area contributed by atoms with Crippen molar-refractivity contribution in [3.63, 3.8) is 0 Å². The minimum absolute atomic E-state index is 0.0266. The Hall–Kier alpha value is -4.98. The topological polar surface area (TPSA) is 148 Å². The summed E-state index contributed by atoms with van der Waals surface area (Å²) in [5.74, 6) is -1.82. The zero-order valence-electron chi connectivity index (χ0n) is 31.3. The van der Waals surface area contributed by atoms with Crippen LogP contribution in [-0.4, -0.2) is 46.7 Å². The van der Waals surface area contributed by atoms with E-state index in [-0.39, 0.29) is 17.1 Å². The number of nitriles is 1. The summed E-state index contributed by atoms with van der Waals surface area (Å²) in [7, 11) is 0. The first-order valence-corrected chi connectivity index (χ1v) is 18.8. The van der Waals surface area contributed by atoms with Crippen LogP contribution in [0.4, 0.5) is 28.0 Å². The van der Waals surface area contributed by atoms with Gasteiger partial charge in [0.25, 0.3) is 5.91 Å². The molecule has 2 atom stereocenters. The molecule has 5 rings (SSSR count). The normalized spacial score (nSPS) is 15.1. The number of hydrogen-bond donors (Lipinski definition) is 2. The van der Waals surface area contributed by atoms with E-state index in [1.807, 2.05) is 6.07 Å². The Labute approximate surface area is 320 Å². The van der Waals surface area contributed by atoms with Gasteiger partial charge >= 0.3 is 12.3 Å². The number of amides is 2. The minimum atomic E-state index is -5.04. The standard InChI is InChI=1S/C39H43F4N7O4S/c1-36(2,3)49(24-26-11-8-7-9-12-26)35(52)54-50-31(22-33(47-50)39(41,42)43)34(51)46-30-21-27(17-18-29(30)40)38(20-19-25-15-16-25,48-55(53)37(4,5)6)32-14-10-13-28(23-44)45-32/h7-14,17-18,21-22,25,48H,15-16,19-20,24H2,1-6H3,(H,46,51)/t38-,55-/m1/s1. The fourth-order valence-electron chi connectivity index (χ4n) is 5.72. The number of aromatic nitrogens is 3. The lowest BCUT2D eigenvalue weighted by atomic mass is 9.82. The Morgan fingerprint density at radius 2 is 1.69 bits per heavy atom. The van der Waals surface area contributed by atoms with Crippen molar-refractivity contribution in [3.05, 3.63) is 113 Å². The van der Waals surface area contributed by atoms with Gasteiger partial charge in [0.2, 0.25) is 0 Å². The van der Waals surface area contributed by atoms with Crippen molar-refractivity contribution in [3.8, 4) is 6.07 Å². The first-order chi connectivity index (χ1) is 25.7. The lowest BCUT2D eigenvalue weighted by Crippen LogP contribution is -2.52. The van der Waals surface area contributed by atoms with Gasteiger partial charge in [-0.2, -0.15) is 18.4 Å². The molecule has 1 fully saturated rings. The lowest BCUT2D eigenvalue weighted by Gasteiger charge is -2.38. The number of anilines is 1. The van der Waals surface area contributed by atoms with Gasteiger partial charge < -0.3 is 9.87 Å². The third-order valence-electron chi connectivity index (χ3n) is 9.04. The predicted octanol–water partition coefficient (Wildman–Crippen LogP) is 7.89. The number of rotatable bonds is 12. The molecule has 0 spiro atoms. The Balaban J connectivity index is 1.55. The average Bonchev–Trinajstić information content (AvgIpc) is 3.85. The van der Waals surface area contributed by atoms with Gasteiger partial charge in [-0.3, -0.25) is 14.5 Å². The molecule has 1 saturated carbocycles. The zero-order chi connectivity index (χ0) is 40.3. The van der Waals surface area contributed by atoms with E-state index in [1.165, 1.54) is 23.1 Å². The second-order valence-corrected chi connectivity index (χ2v) is 17.4. The van der Waals surface area contributed by atoms with E-state index < -0.39 is 68.3 Å². The SMILES string of the molecule is CC(C)(C)N(Cc1ccccc1)C(=O)On1nc(C(F)(F)F)cc1C(=O)Nc1cc([C@@](CCC2CC2)(N[S@+]([O-])C(C)(C)C)c2cccc(C#N)n2)ccc1F. The zero-order valence-corrected chi connectivity index (χ0v) is 32.1. The summed E-state index contributed by atoms with van der Waals surface area (Å²) in [5, 5.41) is 15.4. The fourth-order valence-corrected chi connectivity index (χ4v) is 6.67. The highest BCUT2D eigenvalue weighted by Gasteiger charge is 2.45. The quantitative estimate of drug-likeness (QED) is 0.109. The molecule has 4 aromatic rings. The second kappa shape index (κ2) is 16.0. The molecule has 0 saturated heterocycles. The Morgan fingerprint density at radius 1 is 1.00 bits per heavy atom. The van der Waals surface area contributed by atoms with Gasteiger partial charge in [0.1, 0.15) is 27.9 Å². The largest absolute Gasteiger partial charge is 0.598 e. The van der Waals surface area contributed by atoms with Gasteiger partial charge in [-0.25, -0.2) is 14.2 Å². The van der Waals surface area contributed by atoms with Crippen molar-refractivity contribution in [2.75, 3.05) is 5.32 Å². The Morgan fingerprint density at radius 3 is 2.29 bits per heavy atom. The van der Waals surface area contributed by atoms with Crippen LogP contribution in [0.15, 0.2) is 72.8 Å². The molecule has 2 amide bonds. The summed E-state index contributed by atoms with van der Waals surface area (Å²) < 4.78 is 73.7. The number of nitrogens with zero attached hydrogens (tertiary/aromatic N) is 5. The smallest absolute Gasteiger partial charge is 0.436 e. The monoisotopic (exact) mass is 781 g/mol. The van der Waals surface area contributed by atoms with Crippen LogP contribution in [-0.2, 0) is 29.6 Å².